The molecule has 1 fully saturated rings. The minimum atomic E-state index is -0.716. The van der Waals surface area contributed by atoms with Crippen LogP contribution in [0, 0.1) is 12.8 Å². The fraction of sp³-hybridized carbons (Fsp3) is 0.588. The standard InChI is InChI=1S/C17H25NO2/c1-13-7-3-5-9-15(13)18(12-11-17(19)20)16-10-6-4-8-14(16)2/h3,5,7,9,14,16H,4,6,8,10-12H2,1-2H3,(H,19,20). The van der Waals surface area contributed by atoms with E-state index >= 15 is 0 Å². The normalized spacial score (nSPS) is 22.5. The van der Waals surface area contributed by atoms with Gasteiger partial charge in [0.05, 0.1) is 6.42 Å². The molecule has 20 heavy (non-hydrogen) atoms. The number of benzene rings is 1. The minimum absolute atomic E-state index is 0.206. The Morgan fingerprint density at radius 3 is 2.65 bits per heavy atom. The van der Waals surface area contributed by atoms with E-state index in [0.29, 0.717) is 18.5 Å². The molecule has 3 nitrogen and oxygen atoms in total. The number of aryl methyl sites for hydroxylation is 1. The lowest BCUT2D eigenvalue weighted by molar-refractivity contribution is -0.136. The van der Waals surface area contributed by atoms with E-state index in [2.05, 4.69) is 30.9 Å². The number of carboxylic acid groups (broad SMARTS) is 1. The predicted molar refractivity (Wildman–Crippen MR) is 82.2 cm³/mol. The number of aliphatic carboxylic acids is 1. The van der Waals surface area contributed by atoms with Crippen molar-refractivity contribution in [1.82, 2.24) is 0 Å². The van der Waals surface area contributed by atoms with Gasteiger partial charge in [-0.2, -0.15) is 0 Å². The second-order valence-electron chi connectivity index (χ2n) is 5.95. The Morgan fingerprint density at radius 1 is 1.30 bits per heavy atom. The Balaban J connectivity index is 2.24. The van der Waals surface area contributed by atoms with Crippen molar-refractivity contribution in [3.05, 3.63) is 29.8 Å². The SMILES string of the molecule is Cc1ccccc1N(CCC(=O)O)C1CCCCC1C. The Kier molecular flexibility index (Phi) is 5.05. The number of carbonyl (C=O) groups is 1. The molecule has 0 heterocycles. The van der Waals surface area contributed by atoms with Crippen molar-refractivity contribution >= 4 is 11.7 Å². The van der Waals surface area contributed by atoms with Gasteiger partial charge in [-0.15, -0.1) is 0 Å². The summed E-state index contributed by atoms with van der Waals surface area (Å²) in [5.74, 6) is -0.0794. The van der Waals surface area contributed by atoms with Crippen molar-refractivity contribution in [2.24, 2.45) is 5.92 Å². The maximum atomic E-state index is 11.0. The van der Waals surface area contributed by atoms with Crippen LogP contribution in [0.1, 0.15) is 44.6 Å². The molecule has 0 amide bonds. The molecule has 1 saturated carbocycles. The Labute approximate surface area is 121 Å². The minimum Gasteiger partial charge on any atom is -0.481 e. The Bertz CT molecular complexity index is 458. The van der Waals surface area contributed by atoms with Crippen molar-refractivity contribution in [1.29, 1.82) is 0 Å². The number of anilines is 1. The van der Waals surface area contributed by atoms with E-state index in [0.717, 1.165) is 0 Å². The number of nitrogens with zero attached hydrogens (tertiary/aromatic N) is 1. The zero-order valence-electron chi connectivity index (χ0n) is 12.5. The highest BCUT2D eigenvalue weighted by Gasteiger charge is 2.28. The lowest BCUT2D eigenvalue weighted by Crippen LogP contribution is -2.43. The third kappa shape index (κ3) is 3.53. The van der Waals surface area contributed by atoms with Crippen LogP contribution < -0.4 is 4.90 Å². The van der Waals surface area contributed by atoms with Crippen LogP contribution >= 0.6 is 0 Å². The monoisotopic (exact) mass is 275 g/mol. The highest BCUT2D eigenvalue weighted by Crippen LogP contribution is 2.32. The van der Waals surface area contributed by atoms with E-state index in [-0.39, 0.29) is 6.42 Å². The van der Waals surface area contributed by atoms with Crippen LogP contribution in [0.2, 0.25) is 0 Å². The highest BCUT2D eigenvalue weighted by molar-refractivity contribution is 5.68. The molecule has 0 saturated heterocycles. The van der Waals surface area contributed by atoms with E-state index in [1.165, 1.54) is 36.9 Å². The molecule has 1 aliphatic rings. The summed E-state index contributed by atoms with van der Waals surface area (Å²) in [4.78, 5) is 13.3. The first-order chi connectivity index (χ1) is 9.59. The number of rotatable bonds is 5. The third-order valence-corrected chi connectivity index (χ3v) is 4.46. The maximum Gasteiger partial charge on any atom is 0.305 e. The number of para-hydroxylation sites is 1. The van der Waals surface area contributed by atoms with Gasteiger partial charge in [0, 0.05) is 18.3 Å². The van der Waals surface area contributed by atoms with E-state index < -0.39 is 5.97 Å². The van der Waals surface area contributed by atoms with Crippen molar-refractivity contribution in [2.75, 3.05) is 11.4 Å². The van der Waals surface area contributed by atoms with Crippen LogP contribution in [-0.2, 0) is 4.79 Å². The summed E-state index contributed by atoms with van der Waals surface area (Å²) in [6.45, 7) is 5.02. The van der Waals surface area contributed by atoms with Crippen molar-refractivity contribution in [2.45, 2.75) is 52.0 Å². The first-order valence-corrected chi connectivity index (χ1v) is 7.63. The summed E-state index contributed by atoms with van der Waals surface area (Å²) >= 11 is 0. The number of hydrogen-bond acceptors (Lipinski definition) is 2. The molecule has 1 aromatic rings. The Morgan fingerprint density at radius 2 is 2.00 bits per heavy atom. The molecular formula is C17H25NO2. The zero-order valence-corrected chi connectivity index (χ0v) is 12.5. The van der Waals surface area contributed by atoms with Gasteiger partial charge in [0.15, 0.2) is 0 Å². The highest BCUT2D eigenvalue weighted by atomic mass is 16.4. The lowest BCUT2D eigenvalue weighted by Gasteiger charge is -2.40. The van der Waals surface area contributed by atoms with E-state index in [4.69, 9.17) is 5.11 Å². The van der Waals surface area contributed by atoms with Crippen LogP contribution in [0.3, 0.4) is 0 Å². The molecule has 0 aliphatic heterocycles. The quantitative estimate of drug-likeness (QED) is 0.887. The average Bonchev–Trinajstić information content (AvgIpc) is 2.42. The van der Waals surface area contributed by atoms with Crippen LogP contribution in [0.15, 0.2) is 24.3 Å². The smallest absolute Gasteiger partial charge is 0.305 e. The van der Waals surface area contributed by atoms with Gasteiger partial charge in [-0.05, 0) is 37.3 Å². The Hall–Kier alpha value is -1.51. The molecule has 2 atom stereocenters. The summed E-state index contributed by atoms with van der Waals surface area (Å²) < 4.78 is 0. The van der Waals surface area contributed by atoms with Gasteiger partial charge in [-0.1, -0.05) is 38.0 Å². The summed E-state index contributed by atoms with van der Waals surface area (Å²) in [7, 11) is 0. The largest absolute Gasteiger partial charge is 0.481 e. The number of carboxylic acids is 1. The molecule has 0 aromatic heterocycles. The van der Waals surface area contributed by atoms with E-state index in [9.17, 15) is 4.79 Å². The molecule has 0 spiro atoms. The fourth-order valence-electron chi connectivity index (χ4n) is 3.33. The molecule has 0 bridgehead atoms. The molecule has 1 aromatic carbocycles. The molecular weight excluding hydrogens is 250 g/mol. The topological polar surface area (TPSA) is 40.5 Å². The molecule has 3 heteroatoms. The van der Waals surface area contributed by atoms with Crippen molar-refractivity contribution in [3.63, 3.8) is 0 Å². The second-order valence-corrected chi connectivity index (χ2v) is 5.95. The van der Waals surface area contributed by atoms with Gasteiger partial charge in [0.1, 0.15) is 0 Å². The molecule has 1 aliphatic carbocycles. The maximum absolute atomic E-state index is 11.0. The molecule has 2 unspecified atom stereocenters. The molecule has 110 valence electrons. The van der Waals surface area contributed by atoms with Crippen molar-refractivity contribution in [3.8, 4) is 0 Å². The first-order valence-electron chi connectivity index (χ1n) is 7.63. The van der Waals surface area contributed by atoms with Gasteiger partial charge in [-0.3, -0.25) is 4.79 Å². The van der Waals surface area contributed by atoms with Gasteiger partial charge < -0.3 is 10.0 Å². The zero-order chi connectivity index (χ0) is 14.5. The molecule has 1 N–H and O–H groups in total. The van der Waals surface area contributed by atoms with Gasteiger partial charge >= 0.3 is 5.97 Å². The lowest BCUT2D eigenvalue weighted by atomic mass is 9.84. The van der Waals surface area contributed by atoms with E-state index in [1.807, 2.05) is 12.1 Å². The predicted octanol–water partition coefficient (Wildman–Crippen LogP) is 3.85. The first kappa shape index (κ1) is 14.9. The summed E-state index contributed by atoms with van der Waals surface area (Å²) in [6, 6.07) is 8.79. The summed E-state index contributed by atoms with van der Waals surface area (Å²) in [5.41, 5.74) is 2.43. The summed E-state index contributed by atoms with van der Waals surface area (Å²) in [6.07, 6.45) is 5.19. The van der Waals surface area contributed by atoms with E-state index in [1.54, 1.807) is 0 Å². The van der Waals surface area contributed by atoms with Gasteiger partial charge in [-0.25, -0.2) is 0 Å². The fourth-order valence-corrected chi connectivity index (χ4v) is 3.33. The van der Waals surface area contributed by atoms with Gasteiger partial charge in [0.2, 0.25) is 0 Å². The van der Waals surface area contributed by atoms with Crippen LogP contribution in [0.25, 0.3) is 0 Å². The van der Waals surface area contributed by atoms with Crippen LogP contribution in [0.4, 0.5) is 5.69 Å². The summed E-state index contributed by atoms with van der Waals surface area (Å²) in [5, 5.41) is 9.02. The van der Waals surface area contributed by atoms with Crippen LogP contribution in [-0.4, -0.2) is 23.7 Å². The molecule has 2 rings (SSSR count). The second kappa shape index (κ2) is 6.78. The third-order valence-electron chi connectivity index (χ3n) is 4.46. The number of hydrogen-bond donors (Lipinski definition) is 1. The average molecular weight is 275 g/mol. The molecule has 0 radical (unpaired) electrons. The van der Waals surface area contributed by atoms with Gasteiger partial charge in [0.25, 0.3) is 0 Å². The van der Waals surface area contributed by atoms with Crippen molar-refractivity contribution < 1.29 is 9.90 Å². The van der Waals surface area contributed by atoms with Crippen LogP contribution in [0.5, 0.6) is 0 Å².